The van der Waals surface area contributed by atoms with Crippen LogP contribution in [0, 0.1) is 5.82 Å². The molecule has 13 heavy (non-hydrogen) atoms. The van der Waals surface area contributed by atoms with Gasteiger partial charge in [0.25, 0.3) is 0 Å². The first-order valence-corrected chi connectivity index (χ1v) is 4.72. The van der Waals surface area contributed by atoms with Crippen LogP contribution in [-0.4, -0.2) is 5.88 Å². The summed E-state index contributed by atoms with van der Waals surface area (Å²) >= 11 is 11.3. The molecule has 0 bridgehead atoms. The van der Waals surface area contributed by atoms with E-state index in [1.165, 1.54) is 12.1 Å². The van der Waals surface area contributed by atoms with Crippen molar-refractivity contribution in [3.05, 3.63) is 40.2 Å². The number of benzene rings is 1. The molecule has 1 aromatic carbocycles. The molecule has 70 valence electrons. The molecular formula is C10H9Cl2F. The van der Waals surface area contributed by atoms with E-state index in [1.54, 1.807) is 6.07 Å². The maximum atomic E-state index is 12.8. The van der Waals surface area contributed by atoms with Gasteiger partial charge in [0, 0.05) is 10.9 Å². The molecule has 0 saturated heterocycles. The van der Waals surface area contributed by atoms with Gasteiger partial charge in [0.15, 0.2) is 0 Å². The Kier molecular flexibility index (Phi) is 3.76. The number of hydrogen-bond acceptors (Lipinski definition) is 0. The summed E-state index contributed by atoms with van der Waals surface area (Å²) in [5.74, 6) is 0.106. The summed E-state index contributed by atoms with van der Waals surface area (Å²) in [7, 11) is 0. The highest BCUT2D eigenvalue weighted by atomic mass is 35.5. The molecule has 0 aliphatic heterocycles. The molecule has 0 N–H and O–H groups in total. The minimum absolute atomic E-state index is 0.332. The van der Waals surface area contributed by atoms with E-state index in [1.807, 2.05) is 13.0 Å². The predicted octanol–water partition coefficient (Wildman–Crippen LogP) is 4.12. The monoisotopic (exact) mass is 218 g/mol. The second kappa shape index (κ2) is 4.64. The molecule has 3 heteroatoms. The van der Waals surface area contributed by atoms with E-state index < -0.39 is 0 Å². The van der Waals surface area contributed by atoms with Crippen LogP contribution in [0.1, 0.15) is 12.5 Å². The molecule has 0 radical (unpaired) electrons. The molecule has 0 aliphatic rings. The summed E-state index contributed by atoms with van der Waals surface area (Å²) in [5.41, 5.74) is 1.71. The Morgan fingerprint density at radius 3 is 2.69 bits per heavy atom. The predicted molar refractivity (Wildman–Crippen MR) is 55.8 cm³/mol. The van der Waals surface area contributed by atoms with Crippen LogP contribution < -0.4 is 0 Å². The lowest BCUT2D eigenvalue weighted by molar-refractivity contribution is 0.627. The van der Waals surface area contributed by atoms with Crippen molar-refractivity contribution in [2.24, 2.45) is 0 Å². The second-order valence-corrected chi connectivity index (χ2v) is 3.53. The van der Waals surface area contributed by atoms with Gasteiger partial charge in [-0.15, -0.1) is 11.6 Å². The normalized spacial score (nSPS) is 11.8. The van der Waals surface area contributed by atoms with Crippen molar-refractivity contribution >= 4 is 29.3 Å². The lowest BCUT2D eigenvalue weighted by Crippen LogP contribution is -1.81. The molecule has 0 amide bonds. The summed E-state index contributed by atoms with van der Waals surface area (Å²) in [6.07, 6.45) is 1.81. The maximum absolute atomic E-state index is 12.8. The number of halogens is 3. The van der Waals surface area contributed by atoms with Crippen molar-refractivity contribution in [2.45, 2.75) is 6.92 Å². The average Bonchev–Trinajstić information content (AvgIpc) is 2.02. The maximum Gasteiger partial charge on any atom is 0.125 e. The number of hydrogen-bond donors (Lipinski definition) is 0. The van der Waals surface area contributed by atoms with Crippen LogP contribution in [0.3, 0.4) is 0 Å². The Morgan fingerprint density at radius 2 is 2.15 bits per heavy atom. The zero-order valence-corrected chi connectivity index (χ0v) is 8.66. The Labute approximate surface area is 87.0 Å². The van der Waals surface area contributed by atoms with Crippen molar-refractivity contribution < 1.29 is 4.39 Å². The van der Waals surface area contributed by atoms with Gasteiger partial charge in [0.2, 0.25) is 0 Å². The number of rotatable bonds is 2. The van der Waals surface area contributed by atoms with E-state index >= 15 is 0 Å². The van der Waals surface area contributed by atoms with Gasteiger partial charge in [-0.3, -0.25) is 0 Å². The molecule has 0 aliphatic carbocycles. The Balaban J connectivity index is 3.02. The summed E-state index contributed by atoms with van der Waals surface area (Å²) < 4.78 is 12.8. The zero-order chi connectivity index (χ0) is 9.84. The molecule has 0 heterocycles. The second-order valence-electron chi connectivity index (χ2n) is 2.83. The summed E-state index contributed by atoms with van der Waals surface area (Å²) in [6.45, 7) is 1.88. The molecule has 1 rings (SSSR count). The standard InChI is InChI=1S/C10H9Cl2F/c1-7(6-11)2-8-3-9(12)5-10(13)4-8/h2-5H,6H2,1H3/b7-2-. The molecule has 0 saturated carbocycles. The highest BCUT2D eigenvalue weighted by Crippen LogP contribution is 2.16. The minimum Gasteiger partial charge on any atom is -0.207 e. The fourth-order valence-electron chi connectivity index (χ4n) is 0.982. The number of allylic oxidation sites excluding steroid dienone is 1. The fourth-order valence-corrected chi connectivity index (χ4v) is 1.29. The van der Waals surface area contributed by atoms with E-state index in [0.29, 0.717) is 10.9 Å². The van der Waals surface area contributed by atoms with Gasteiger partial charge in [-0.1, -0.05) is 23.3 Å². The largest absolute Gasteiger partial charge is 0.207 e. The third-order valence-corrected chi connectivity index (χ3v) is 2.15. The molecule has 0 nitrogen and oxygen atoms in total. The Morgan fingerprint density at radius 1 is 1.46 bits per heavy atom. The zero-order valence-electron chi connectivity index (χ0n) is 7.15. The highest BCUT2D eigenvalue weighted by Gasteiger charge is 1.97. The van der Waals surface area contributed by atoms with E-state index in [4.69, 9.17) is 23.2 Å². The molecule has 0 atom stereocenters. The first-order chi connectivity index (χ1) is 6.11. The third-order valence-electron chi connectivity index (χ3n) is 1.51. The quantitative estimate of drug-likeness (QED) is 0.656. The first kappa shape index (κ1) is 10.6. The van der Waals surface area contributed by atoms with Gasteiger partial charge >= 0.3 is 0 Å². The number of alkyl halides is 1. The van der Waals surface area contributed by atoms with Crippen molar-refractivity contribution in [2.75, 3.05) is 5.88 Å². The van der Waals surface area contributed by atoms with E-state index in [-0.39, 0.29) is 5.82 Å². The molecule has 0 unspecified atom stereocenters. The minimum atomic E-state index is -0.332. The van der Waals surface area contributed by atoms with Crippen LogP contribution in [0.2, 0.25) is 5.02 Å². The average molecular weight is 219 g/mol. The van der Waals surface area contributed by atoms with Crippen LogP contribution in [0.25, 0.3) is 6.08 Å². The smallest absolute Gasteiger partial charge is 0.125 e. The molecule has 0 aromatic heterocycles. The molecular weight excluding hydrogens is 210 g/mol. The summed E-state index contributed by atoms with van der Waals surface area (Å²) in [6, 6.07) is 4.39. The SMILES string of the molecule is C/C(=C/c1cc(F)cc(Cl)c1)CCl. The summed E-state index contributed by atoms with van der Waals surface area (Å²) in [5, 5.41) is 0.397. The van der Waals surface area contributed by atoms with Crippen LogP contribution in [0.5, 0.6) is 0 Å². The van der Waals surface area contributed by atoms with Crippen molar-refractivity contribution in [3.63, 3.8) is 0 Å². The van der Waals surface area contributed by atoms with Gasteiger partial charge < -0.3 is 0 Å². The highest BCUT2D eigenvalue weighted by molar-refractivity contribution is 6.30. The van der Waals surface area contributed by atoms with Gasteiger partial charge in [-0.25, -0.2) is 4.39 Å². The van der Waals surface area contributed by atoms with Crippen LogP contribution in [0.15, 0.2) is 23.8 Å². The Bertz CT molecular complexity index is 311. The van der Waals surface area contributed by atoms with Gasteiger partial charge in [0.05, 0.1) is 0 Å². The molecule has 0 spiro atoms. The fraction of sp³-hybridized carbons (Fsp3) is 0.200. The lowest BCUT2D eigenvalue weighted by atomic mass is 10.1. The van der Waals surface area contributed by atoms with Crippen molar-refractivity contribution in [3.8, 4) is 0 Å². The van der Waals surface area contributed by atoms with Crippen molar-refractivity contribution in [1.82, 2.24) is 0 Å². The Hall–Kier alpha value is -0.530. The van der Waals surface area contributed by atoms with E-state index in [2.05, 4.69) is 0 Å². The van der Waals surface area contributed by atoms with E-state index in [0.717, 1.165) is 11.1 Å². The van der Waals surface area contributed by atoms with Crippen LogP contribution >= 0.6 is 23.2 Å². The topological polar surface area (TPSA) is 0 Å². The third kappa shape index (κ3) is 3.37. The molecule has 1 aromatic rings. The van der Waals surface area contributed by atoms with Crippen LogP contribution in [0.4, 0.5) is 4.39 Å². The van der Waals surface area contributed by atoms with E-state index in [9.17, 15) is 4.39 Å². The van der Waals surface area contributed by atoms with Gasteiger partial charge in [-0.2, -0.15) is 0 Å². The summed E-state index contributed by atoms with van der Waals surface area (Å²) in [4.78, 5) is 0. The van der Waals surface area contributed by atoms with Gasteiger partial charge in [-0.05, 0) is 30.7 Å². The molecule has 0 fully saturated rings. The van der Waals surface area contributed by atoms with Crippen molar-refractivity contribution in [1.29, 1.82) is 0 Å². The van der Waals surface area contributed by atoms with Crippen LogP contribution in [-0.2, 0) is 0 Å². The van der Waals surface area contributed by atoms with Gasteiger partial charge in [0.1, 0.15) is 5.82 Å². The lowest BCUT2D eigenvalue weighted by Gasteiger charge is -1.98. The first-order valence-electron chi connectivity index (χ1n) is 3.81.